The van der Waals surface area contributed by atoms with Crippen molar-refractivity contribution in [2.24, 2.45) is 0 Å². The van der Waals surface area contributed by atoms with Gasteiger partial charge < -0.3 is 19.5 Å². The number of ketones is 1. The van der Waals surface area contributed by atoms with Gasteiger partial charge in [-0.15, -0.1) is 0 Å². The van der Waals surface area contributed by atoms with Crippen LogP contribution in [-0.4, -0.2) is 38.1 Å². The van der Waals surface area contributed by atoms with E-state index in [1.165, 1.54) is 17.8 Å². The first kappa shape index (κ1) is 26.1. The van der Waals surface area contributed by atoms with Crippen LogP contribution in [0.3, 0.4) is 0 Å². The van der Waals surface area contributed by atoms with Gasteiger partial charge in [0.2, 0.25) is 0 Å². The Kier molecular flexibility index (Phi) is 8.06. The smallest absolute Gasteiger partial charge is 0.335 e. The summed E-state index contributed by atoms with van der Waals surface area (Å²) in [7, 11) is 5.03. The van der Waals surface area contributed by atoms with E-state index in [1.54, 1.807) is 50.6 Å². The molecule has 0 aliphatic heterocycles. The number of carboxylic acid groups (broad SMARTS) is 1. The van der Waals surface area contributed by atoms with E-state index in [1.807, 2.05) is 54.4 Å². The topological polar surface area (TPSA) is 76.1 Å². The molecule has 0 aliphatic rings. The van der Waals surface area contributed by atoms with Crippen LogP contribution in [-0.2, 0) is 0 Å². The summed E-state index contributed by atoms with van der Waals surface area (Å²) in [5, 5.41) is 10.3. The molecule has 0 aromatic heterocycles. The van der Waals surface area contributed by atoms with Gasteiger partial charge in [-0.05, 0) is 84.9 Å². The Morgan fingerprint density at radius 1 is 0.730 bits per heavy atom. The minimum atomic E-state index is -1.11. The van der Waals surface area contributed by atoms with E-state index < -0.39 is 5.97 Å². The molecule has 0 aliphatic carbocycles. The first-order chi connectivity index (χ1) is 17.8. The molecule has 0 amide bonds. The maximum atomic E-state index is 13.3. The fraction of sp³-hybridized carbons (Fsp3) is 0.103. The molecule has 0 atom stereocenters. The van der Waals surface area contributed by atoms with E-state index in [0.717, 1.165) is 16.3 Å². The van der Waals surface area contributed by atoms with Crippen molar-refractivity contribution < 1.29 is 24.2 Å². The highest BCUT2D eigenvalue weighted by Crippen LogP contribution is 2.36. The van der Waals surface area contributed by atoms with Gasteiger partial charge in [-0.25, -0.2) is 4.79 Å². The summed E-state index contributed by atoms with van der Waals surface area (Å²) in [4.78, 5) is 28.5. The number of nitrogens with zero attached hydrogens (tertiary/aromatic N) is 1. The van der Waals surface area contributed by atoms with Crippen LogP contribution in [0.25, 0.3) is 0 Å². The second-order valence-electron chi connectivity index (χ2n) is 8.08. The standard InChI is InChI=1S/C29H24ClNO5S/c1-31(23-10-6-21(30)7-11-23)22-8-4-18(5-9-22)28(32)19-14-20(29(33)34)16-25(15-19)37-24-12-13-26(35-2)27(17-24)36-3/h4-17H,1-3H3,(H,33,34). The monoisotopic (exact) mass is 533 g/mol. The fourth-order valence-corrected chi connectivity index (χ4v) is 4.82. The Morgan fingerprint density at radius 2 is 1.32 bits per heavy atom. The molecule has 0 saturated carbocycles. The van der Waals surface area contributed by atoms with Crippen LogP contribution in [0, 0.1) is 0 Å². The van der Waals surface area contributed by atoms with Gasteiger partial charge in [-0.3, -0.25) is 4.79 Å². The molecule has 4 aromatic rings. The molecule has 0 fully saturated rings. The number of carbonyl (C=O) groups excluding carboxylic acids is 1. The number of halogens is 1. The van der Waals surface area contributed by atoms with Crippen molar-refractivity contribution in [1.29, 1.82) is 0 Å². The lowest BCUT2D eigenvalue weighted by Crippen LogP contribution is -2.10. The molecular weight excluding hydrogens is 510 g/mol. The average Bonchev–Trinajstić information content (AvgIpc) is 2.92. The van der Waals surface area contributed by atoms with Crippen LogP contribution in [0.4, 0.5) is 11.4 Å². The molecule has 1 N–H and O–H groups in total. The molecule has 0 saturated heterocycles. The second-order valence-corrected chi connectivity index (χ2v) is 9.66. The zero-order valence-electron chi connectivity index (χ0n) is 20.4. The summed E-state index contributed by atoms with van der Waals surface area (Å²) in [6.45, 7) is 0. The predicted molar refractivity (Wildman–Crippen MR) is 146 cm³/mol. The Balaban J connectivity index is 1.60. The Bertz CT molecular complexity index is 1440. The van der Waals surface area contributed by atoms with Crippen molar-refractivity contribution in [2.75, 3.05) is 26.2 Å². The van der Waals surface area contributed by atoms with Crippen molar-refractivity contribution in [1.82, 2.24) is 0 Å². The van der Waals surface area contributed by atoms with Gasteiger partial charge in [0, 0.05) is 44.4 Å². The van der Waals surface area contributed by atoms with Crippen LogP contribution in [0.5, 0.6) is 11.5 Å². The van der Waals surface area contributed by atoms with E-state index in [9.17, 15) is 14.7 Å². The maximum Gasteiger partial charge on any atom is 0.335 e. The predicted octanol–water partition coefficient (Wildman–Crippen LogP) is 7.21. The van der Waals surface area contributed by atoms with Gasteiger partial charge in [0.25, 0.3) is 0 Å². The zero-order valence-corrected chi connectivity index (χ0v) is 22.0. The molecule has 6 nitrogen and oxygen atoms in total. The van der Waals surface area contributed by atoms with Crippen molar-refractivity contribution >= 4 is 46.5 Å². The summed E-state index contributed by atoms with van der Waals surface area (Å²) < 4.78 is 10.6. The van der Waals surface area contributed by atoms with Crippen LogP contribution >= 0.6 is 23.4 Å². The SMILES string of the molecule is COc1ccc(Sc2cc(C(=O)O)cc(C(=O)c3ccc(N(C)c4ccc(Cl)cc4)cc3)c2)cc1OC. The lowest BCUT2D eigenvalue weighted by molar-refractivity contribution is 0.0696. The van der Waals surface area contributed by atoms with Gasteiger partial charge in [0.1, 0.15) is 0 Å². The van der Waals surface area contributed by atoms with Gasteiger partial charge in [-0.1, -0.05) is 23.4 Å². The van der Waals surface area contributed by atoms with E-state index in [4.69, 9.17) is 21.1 Å². The summed E-state index contributed by atoms with van der Waals surface area (Å²) >= 11 is 7.32. The van der Waals surface area contributed by atoms with Crippen molar-refractivity contribution in [3.05, 3.63) is 107 Å². The van der Waals surface area contributed by atoms with Crippen LogP contribution in [0.2, 0.25) is 5.02 Å². The summed E-state index contributed by atoms with van der Waals surface area (Å²) in [5.74, 6) is -0.226. The number of hydrogen-bond acceptors (Lipinski definition) is 6. The lowest BCUT2D eigenvalue weighted by atomic mass is 10.0. The molecule has 37 heavy (non-hydrogen) atoms. The number of hydrogen-bond donors (Lipinski definition) is 1. The first-order valence-corrected chi connectivity index (χ1v) is 12.4. The highest BCUT2D eigenvalue weighted by molar-refractivity contribution is 7.99. The first-order valence-electron chi connectivity index (χ1n) is 11.2. The number of carboxylic acids is 1. The molecule has 0 unspecified atom stereocenters. The molecule has 4 aromatic carbocycles. The van der Waals surface area contributed by atoms with Crippen LogP contribution < -0.4 is 14.4 Å². The number of rotatable bonds is 9. The van der Waals surface area contributed by atoms with Crippen molar-refractivity contribution in [3.63, 3.8) is 0 Å². The molecule has 188 valence electrons. The van der Waals surface area contributed by atoms with Crippen molar-refractivity contribution in [2.45, 2.75) is 9.79 Å². The zero-order chi connectivity index (χ0) is 26.5. The summed E-state index contributed by atoms with van der Waals surface area (Å²) in [5.41, 5.74) is 2.63. The number of anilines is 2. The van der Waals surface area contributed by atoms with E-state index >= 15 is 0 Å². The van der Waals surface area contributed by atoms with Crippen LogP contribution in [0.1, 0.15) is 26.3 Å². The summed E-state index contributed by atoms with van der Waals surface area (Å²) in [6, 6.07) is 24.7. The fourth-order valence-electron chi connectivity index (χ4n) is 3.75. The molecule has 0 spiro atoms. The van der Waals surface area contributed by atoms with E-state index in [2.05, 4.69) is 0 Å². The molecule has 8 heteroatoms. The average molecular weight is 534 g/mol. The Morgan fingerprint density at radius 3 is 1.92 bits per heavy atom. The highest BCUT2D eigenvalue weighted by Gasteiger charge is 2.16. The number of methoxy groups -OCH3 is 2. The highest BCUT2D eigenvalue weighted by atomic mass is 35.5. The van der Waals surface area contributed by atoms with Gasteiger partial charge >= 0.3 is 5.97 Å². The molecule has 4 rings (SSSR count). The molecular formula is C29H24ClNO5S. The maximum absolute atomic E-state index is 13.3. The molecule has 0 radical (unpaired) electrons. The summed E-state index contributed by atoms with van der Waals surface area (Å²) in [6.07, 6.45) is 0. The van der Waals surface area contributed by atoms with Gasteiger partial charge in [0.15, 0.2) is 17.3 Å². The number of ether oxygens (including phenoxy) is 2. The van der Waals surface area contributed by atoms with E-state index in [0.29, 0.717) is 32.5 Å². The van der Waals surface area contributed by atoms with E-state index in [-0.39, 0.29) is 11.3 Å². The molecule has 0 bridgehead atoms. The third kappa shape index (κ3) is 6.07. The van der Waals surface area contributed by atoms with Gasteiger partial charge in [0.05, 0.1) is 19.8 Å². The molecule has 0 heterocycles. The number of aromatic carboxylic acids is 1. The van der Waals surface area contributed by atoms with Crippen molar-refractivity contribution in [3.8, 4) is 11.5 Å². The third-order valence-corrected chi connectivity index (χ3v) is 6.95. The largest absolute Gasteiger partial charge is 0.493 e. The Hall–Kier alpha value is -3.94. The Labute approximate surface area is 224 Å². The quantitative estimate of drug-likeness (QED) is 0.228. The lowest BCUT2D eigenvalue weighted by Gasteiger charge is -2.19. The van der Waals surface area contributed by atoms with Gasteiger partial charge in [-0.2, -0.15) is 0 Å². The normalized spacial score (nSPS) is 10.6. The minimum Gasteiger partial charge on any atom is -0.493 e. The van der Waals surface area contributed by atoms with Crippen LogP contribution in [0.15, 0.2) is 94.7 Å². The second kappa shape index (κ2) is 11.4. The number of benzene rings is 4. The third-order valence-electron chi connectivity index (χ3n) is 5.74. The minimum absolute atomic E-state index is 0.0351. The number of carbonyl (C=O) groups is 2.